The lowest BCUT2D eigenvalue weighted by atomic mass is 10.0. The van der Waals surface area contributed by atoms with Gasteiger partial charge in [0.15, 0.2) is 0 Å². The lowest BCUT2D eigenvalue weighted by Crippen LogP contribution is -2.14. The molecule has 0 unspecified atom stereocenters. The van der Waals surface area contributed by atoms with Crippen LogP contribution in [0.1, 0.15) is 39.1 Å². The molecule has 8 nitrogen and oxygen atoms in total. The maximum absolute atomic E-state index is 12.9. The van der Waals surface area contributed by atoms with Crippen LogP contribution in [0.5, 0.6) is 0 Å². The van der Waals surface area contributed by atoms with Crippen molar-refractivity contribution in [1.29, 1.82) is 0 Å². The van der Waals surface area contributed by atoms with E-state index in [4.69, 9.17) is 26.1 Å². The quantitative estimate of drug-likeness (QED) is 0.209. The van der Waals surface area contributed by atoms with Gasteiger partial charge in [-0.3, -0.25) is 4.79 Å². The Morgan fingerprint density at radius 1 is 0.900 bits per heavy atom. The molecule has 2 aromatic heterocycles. The third-order valence-electron chi connectivity index (χ3n) is 6.61. The van der Waals surface area contributed by atoms with E-state index in [9.17, 15) is 14.4 Å². The van der Waals surface area contributed by atoms with Crippen molar-refractivity contribution in [1.82, 2.24) is 9.97 Å². The number of halogens is 1. The molecule has 0 aliphatic heterocycles. The molecule has 5 aromatic rings. The highest BCUT2D eigenvalue weighted by molar-refractivity contribution is 6.31. The van der Waals surface area contributed by atoms with E-state index in [1.807, 2.05) is 54.6 Å². The zero-order chi connectivity index (χ0) is 28.2. The molecule has 0 aliphatic carbocycles. The van der Waals surface area contributed by atoms with Crippen molar-refractivity contribution in [3.63, 3.8) is 0 Å². The standard InChI is InChI=1S/C31H26ClN3O5/c1-39-30(37)19-14-20(31(38)40-2)16-22(15-19)33-28(36)9-5-7-23-24-17-21(32)11-13-26(24)35-29(23)27-12-10-18-6-3-4-8-25(18)34-27/h3-4,6,8,10-17,35H,5,7,9H2,1-2H3,(H,33,36). The van der Waals surface area contributed by atoms with Gasteiger partial charge in [0.05, 0.1) is 42.3 Å². The van der Waals surface area contributed by atoms with Crippen LogP contribution in [0.15, 0.2) is 72.8 Å². The lowest BCUT2D eigenvalue weighted by Gasteiger charge is -2.10. The number of amides is 1. The molecule has 2 heterocycles. The first-order valence-electron chi connectivity index (χ1n) is 12.6. The summed E-state index contributed by atoms with van der Waals surface area (Å²) in [6.45, 7) is 0. The van der Waals surface area contributed by atoms with E-state index in [0.29, 0.717) is 23.6 Å². The van der Waals surface area contributed by atoms with Gasteiger partial charge in [0.1, 0.15) is 0 Å². The molecule has 0 bridgehead atoms. The number of hydrogen-bond acceptors (Lipinski definition) is 6. The number of pyridine rings is 1. The average molecular weight is 556 g/mol. The molecule has 0 spiro atoms. The average Bonchev–Trinajstić information content (AvgIpc) is 3.33. The fourth-order valence-corrected chi connectivity index (χ4v) is 4.90. The van der Waals surface area contributed by atoms with Gasteiger partial charge >= 0.3 is 11.9 Å². The van der Waals surface area contributed by atoms with E-state index in [1.165, 1.54) is 32.4 Å². The summed E-state index contributed by atoms with van der Waals surface area (Å²) in [5.41, 5.74) is 5.10. The molecule has 40 heavy (non-hydrogen) atoms. The van der Waals surface area contributed by atoms with Gasteiger partial charge < -0.3 is 19.8 Å². The number of fused-ring (bicyclic) bond motifs is 2. The molecule has 5 rings (SSSR count). The summed E-state index contributed by atoms with van der Waals surface area (Å²) in [6, 6.07) is 21.9. The second kappa shape index (κ2) is 11.6. The van der Waals surface area contributed by atoms with E-state index < -0.39 is 11.9 Å². The Morgan fingerprint density at radius 3 is 2.35 bits per heavy atom. The molecule has 0 fully saturated rings. The first kappa shape index (κ1) is 26.9. The zero-order valence-corrected chi connectivity index (χ0v) is 22.7. The van der Waals surface area contributed by atoms with Crippen molar-refractivity contribution in [3.05, 3.63) is 94.5 Å². The molecule has 1 amide bonds. The number of benzene rings is 3. The molecule has 2 N–H and O–H groups in total. The highest BCUT2D eigenvalue weighted by atomic mass is 35.5. The molecule has 3 aromatic carbocycles. The van der Waals surface area contributed by atoms with Crippen LogP contribution in [-0.4, -0.2) is 42.0 Å². The van der Waals surface area contributed by atoms with Crippen molar-refractivity contribution in [2.24, 2.45) is 0 Å². The van der Waals surface area contributed by atoms with Crippen LogP contribution in [-0.2, 0) is 20.7 Å². The van der Waals surface area contributed by atoms with Gasteiger partial charge in [0.25, 0.3) is 0 Å². The van der Waals surface area contributed by atoms with E-state index >= 15 is 0 Å². The summed E-state index contributed by atoms with van der Waals surface area (Å²) >= 11 is 6.33. The van der Waals surface area contributed by atoms with E-state index in [0.717, 1.165) is 38.8 Å². The molecule has 0 radical (unpaired) electrons. The summed E-state index contributed by atoms with van der Waals surface area (Å²) < 4.78 is 9.53. The topological polar surface area (TPSA) is 110 Å². The van der Waals surface area contributed by atoms with Crippen molar-refractivity contribution in [2.45, 2.75) is 19.3 Å². The molecule has 9 heteroatoms. The lowest BCUT2D eigenvalue weighted by molar-refractivity contribution is -0.116. The number of rotatable bonds is 8. The molecule has 0 saturated heterocycles. The van der Waals surface area contributed by atoms with Crippen molar-refractivity contribution in [3.8, 4) is 11.4 Å². The number of aromatic amines is 1. The Kier molecular flexibility index (Phi) is 7.79. The number of anilines is 1. The van der Waals surface area contributed by atoms with Crippen LogP contribution >= 0.6 is 11.6 Å². The van der Waals surface area contributed by atoms with E-state index in [-0.39, 0.29) is 23.5 Å². The Labute approximate surface area is 235 Å². The number of carbonyl (C=O) groups is 3. The number of aryl methyl sites for hydroxylation is 1. The minimum atomic E-state index is -0.630. The van der Waals surface area contributed by atoms with Crippen LogP contribution < -0.4 is 5.32 Å². The van der Waals surface area contributed by atoms with E-state index in [1.54, 1.807) is 0 Å². The van der Waals surface area contributed by atoms with Crippen LogP contribution in [0.2, 0.25) is 5.02 Å². The highest BCUT2D eigenvalue weighted by Gasteiger charge is 2.17. The monoisotopic (exact) mass is 555 g/mol. The van der Waals surface area contributed by atoms with E-state index in [2.05, 4.69) is 10.3 Å². The van der Waals surface area contributed by atoms with Gasteiger partial charge in [-0.2, -0.15) is 0 Å². The van der Waals surface area contributed by atoms with Crippen molar-refractivity contribution in [2.75, 3.05) is 19.5 Å². The highest BCUT2D eigenvalue weighted by Crippen LogP contribution is 2.33. The van der Waals surface area contributed by atoms with Crippen LogP contribution in [0, 0.1) is 0 Å². The van der Waals surface area contributed by atoms with Gasteiger partial charge in [0, 0.05) is 33.4 Å². The number of para-hydroxylation sites is 1. The number of nitrogens with zero attached hydrogens (tertiary/aromatic N) is 1. The Morgan fingerprint density at radius 2 is 1.62 bits per heavy atom. The Bertz CT molecular complexity index is 1730. The molecular weight excluding hydrogens is 530 g/mol. The molecular formula is C31H26ClN3O5. The first-order valence-corrected chi connectivity index (χ1v) is 13.0. The smallest absolute Gasteiger partial charge is 0.337 e. The zero-order valence-electron chi connectivity index (χ0n) is 21.9. The third-order valence-corrected chi connectivity index (χ3v) is 6.85. The van der Waals surface area contributed by atoms with Gasteiger partial charge in [-0.1, -0.05) is 35.9 Å². The number of esters is 2. The maximum Gasteiger partial charge on any atom is 0.337 e. The summed E-state index contributed by atoms with van der Waals surface area (Å²) in [6.07, 6.45) is 1.33. The number of hydrogen-bond donors (Lipinski definition) is 2. The molecule has 202 valence electrons. The number of nitrogens with one attached hydrogen (secondary N) is 2. The van der Waals surface area contributed by atoms with Gasteiger partial charge in [-0.15, -0.1) is 0 Å². The maximum atomic E-state index is 12.9. The summed E-state index contributed by atoms with van der Waals surface area (Å²) in [7, 11) is 2.48. The fourth-order valence-electron chi connectivity index (χ4n) is 4.72. The predicted molar refractivity (Wildman–Crippen MR) is 155 cm³/mol. The Hall–Kier alpha value is -4.69. The molecule has 0 atom stereocenters. The normalized spacial score (nSPS) is 11.0. The predicted octanol–water partition coefficient (Wildman–Crippen LogP) is 6.57. The van der Waals surface area contributed by atoms with Gasteiger partial charge in [-0.05, 0) is 66.9 Å². The number of methoxy groups -OCH3 is 2. The second-order valence-corrected chi connectivity index (χ2v) is 9.68. The third kappa shape index (κ3) is 5.67. The van der Waals surface area contributed by atoms with Crippen LogP contribution in [0.4, 0.5) is 5.69 Å². The first-order chi connectivity index (χ1) is 19.4. The minimum absolute atomic E-state index is 0.129. The second-order valence-electron chi connectivity index (χ2n) is 9.24. The fraction of sp³-hybridized carbons (Fsp3) is 0.161. The van der Waals surface area contributed by atoms with Gasteiger partial charge in [0.2, 0.25) is 5.91 Å². The number of H-pyrrole nitrogens is 1. The number of carbonyl (C=O) groups excluding carboxylic acids is 3. The summed E-state index contributed by atoms with van der Waals surface area (Å²) in [4.78, 5) is 45.4. The molecule has 0 saturated carbocycles. The SMILES string of the molecule is COC(=O)c1cc(NC(=O)CCCc2c(-c3ccc4ccccc4n3)[nH]c3ccc(Cl)cc23)cc(C(=O)OC)c1. The number of ether oxygens (including phenoxy) is 2. The largest absolute Gasteiger partial charge is 0.465 e. The van der Waals surface area contributed by atoms with Crippen LogP contribution in [0.25, 0.3) is 33.2 Å². The minimum Gasteiger partial charge on any atom is -0.465 e. The summed E-state index contributed by atoms with van der Waals surface area (Å²) in [5.74, 6) is -1.52. The number of aromatic nitrogens is 2. The molecule has 0 aliphatic rings. The van der Waals surface area contributed by atoms with Gasteiger partial charge in [-0.25, -0.2) is 14.6 Å². The van der Waals surface area contributed by atoms with Crippen LogP contribution in [0.3, 0.4) is 0 Å². The summed E-state index contributed by atoms with van der Waals surface area (Å²) in [5, 5.41) is 5.43. The van der Waals surface area contributed by atoms with Crippen molar-refractivity contribution < 1.29 is 23.9 Å². The Balaban J connectivity index is 1.37. The van der Waals surface area contributed by atoms with Crippen molar-refractivity contribution >= 4 is 56.9 Å².